The van der Waals surface area contributed by atoms with Gasteiger partial charge in [0.2, 0.25) is 5.95 Å². The molecule has 0 unspecified atom stereocenters. The number of H-pyrrole nitrogens is 1. The molecule has 5 nitrogen and oxygen atoms in total. The maximum absolute atomic E-state index is 13.0. The highest BCUT2D eigenvalue weighted by Crippen LogP contribution is 2.23. The number of hydrogen-bond donors (Lipinski definition) is 1. The summed E-state index contributed by atoms with van der Waals surface area (Å²) in [6.07, 6.45) is 6.46. The zero-order valence-electron chi connectivity index (χ0n) is 16.2. The highest BCUT2D eigenvalue weighted by molar-refractivity contribution is 6.30. The van der Waals surface area contributed by atoms with Gasteiger partial charge in [-0.05, 0) is 46.9 Å². The number of hydrogen-bond acceptors (Lipinski definition) is 4. The molecule has 6 heteroatoms. The first-order valence-corrected chi connectivity index (χ1v) is 10.2. The van der Waals surface area contributed by atoms with Crippen molar-refractivity contribution in [3.8, 4) is 0 Å². The summed E-state index contributed by atoms with van der Waals surface area (Å²) in [6, 6.07) is 17.7. The lowest BCUT2D eigenvalue weighted by Crippen LogP contribution is -2.33. The molecular formula is C24H19ClN4O. The minimum absolute atomic E-state index is 0.183. The SMILES string of the molecule is O=c1[nH]c(N2CCc3ccccc3C2)nc2nccc(/C=C/c3ccc(Cl)cc3)c12. The second-order valence-electron chi connectivity index (χ2n) is 7.31. The molecule has 0 atom stereocenters. The fourth-order valence-electron chi connectivity index (χ4n) is 3.80. The molecule has 2 aromatic carbocycles. The maximum Gasteiger partial charge on any atom is 0.262 e. The number of rotatable bonds is 3. The predicted molar refractivity (Wildman–Crippen MR) is 122 cm³/mol. The molecule has 0 amide bonds. The third-order valence-corrected chi connectivity index (χ3v) is 5.63. The first kappa shape index (κ1) is 18.6. The van der Waals surface area contributed by atoms with Crippen LogP contribution in [0.5, 0.6) is 0 Å². The molecule has 0 saturated heterocycles. The Bertz CT molecular complexity index is 1310. The Morgan fingerprint density at radius 3 is 2.63 bits per heavy atom. The van der Waals surface area contributed by atoms with E-state index in [1.54, 1.807) is 6.20 Å². The predicted octanol–water partition coefficient (Wildman–Crippen LogP) is 4.70. The van der Waals surface area contributed by atoms with Crippen LogP contribution >= 0.6 is 11.6 Å². The molecule has 148 valence electrons. The van der Waals surface area contributed by atoms with E-state index in [0.717, 1.165) is 30.6 Å². The maximum atomic E-state index is 13.0. The minimum Gasteiger partial charge on any atom is -0.338 e. The van der Waals surface area contributed by atoms with Crippen LogP contribution in [0.15, 0.2) is 65.6 Å². The Balaban J connectivity index is 1.50. The quantitative estimate of drug-likeness (QED) is 0.527. The van der Waals surface area contributed by atoms with Gasteiger partial charge in [-0.15, -0.1) is 0 Å². The molecule has 2 aromatic heterocycles. The van der Waals surface area contributed by atoms with E-state index in [-0.39, 0.29) is 5.56 Å². The molecule has 3 heterocycles. The van der Waals surface area contributed by atoms with Crippen LogP contribution in [0.2, 0.25) is 5.02 Å². The second kappa shape index (κ2) is 7.76. The lowest BCUT2D eigenvalue weighted by atomic mass is 10.0. The molecule has 0 radical (unpaired) electrons. The van der Waals surface area contributed by atoms with E-state index in [4.69, 9.17) is 11.6 Å². The van der Waals surface area contributed by atoms with Crippen LogP contribution in [0.1, 0.15) is 22.3 Å². The summed E-state index contributed by atoms with van der Waals surface area (Å²) in [5.41, 5.74) is 4.66. The zero-order valence-corrected chi connectivity index (χ0v) is 16.9. The average Bonchev–Trinajstić information content (AvgIpc) is 2.78. The van der Waals surface area contributed by atoms with E-state index >= 15 is 0 Å². The van der Waals surface area contributed by atoms with Crippen LogP contribution in [0, 0.1) is 0 Å². The number of fused-ring (bicyclic) bond motifs is 2. The van der Waals surface area contributed by atoms with Gasteiger partial charge in [0.15, 0.2) is 5.65 Å². The van der Waals surface area contributed by atoms with Crippen LogP contribution in [-0.2, 0) is 13.0 Å². The van der Waals surface area contributed by atoms with Crippen LogP contribution in [-0.4, -0.2) is 21.5 Å². The highest BCUT2D eigenvalue weighted by atomic mass is 35.5. The highest BCUT2D eigenvalue weighted by Gasteiger charge is 2.19. The molecule has 1 N–H and O–H groups in total. The third-order valence-electron chi connectivity index (χ3n) is 5.38. The number of benzene rings is 2. The monoisotopic (exact) mass is 414 g/mol. The van der Waals surface area contributed by atoms with Gasteiger partial charge in [-0.25, -0.2) is 4.98 Å². The van der Waals surface area contributed by atoms with Gasteiger partial charge in [-0.2, -0.15) is 4.98 Å². The number of nitrogens with one attached hydrogen (secondary N) is 1. The molecule has 0 saturated carbocycles. The number of nitrogens with zero attached hydrogens (tertiary/aromatic N) is 3. The minimum atomic E-state index is -0.183. The van der Waals surface area contributed by atoms with E-state index in [2.05, 4.69) is 38.1 Å². The third kappa shape index (κ3) is 3.60. The van der Waals surface area contributed by atoms with Crippen molar-refractivity contribution in [3.63, 3.8) is 0 Å². The lowest BCUT2D eigenvalue weighted by molar-refractivity contribution is 0.708. The first-order chi connectivity index (χ1) is 14.7. The molecule has 0 bridgehead atoms. The van der Waals surface area contributed by atoms with Crippen molar-refractivity contribution in [1.82, 2.24) is 15.0 Å². The summed E-state index contributed by atoms with van der Waals surface area (Å²) in [7, 11) is 0. The van der Waals surface area contributed by atoms with Gasteiger partial charge >= 0.3 is 0 Å². The second-order valence-corrected chi connectivity index (χ2v) is 7.75. The van der Waals surface area contributed by atoms with Crippen molar-refractivity contribution in [1.29, 1.82) is 0 Å². The fourth-order valence-corrected chi connectivity index (χ4v) is 3.93. The molecule has 0 fully saturated rings. The zero-order chi connectivity index (χ0) is 20.5. The molecule has 5 rings (SSSR count). The molecule has 4 aromatic rings. The summed E-state index contributed by atoms with van der Waals surface area (Å²) < 4.78 is 0. The molecule has 0 aliphatic carbocycles. The summed E-state index contributed by atoms with van der Waals surface area (Å²) in [5.74, 6) is 0.563. The number of aromatic nitrogens is 3. The van der Waals surface area contributed by atoms with E-state index in [0.29, 0.717) is 22.0 Å². The van der Waals surface area contributed by atoms with Crippen LogP contribution in [0.25, 0.3) is 23.2 Å². The van der Waals surface area contributed by atoms with E-state index < -0.39 is 0 Å². The van der Waals surface area contributed by atoms with Crippen LogP contribution < -0.4 is 10.5 Å². The van der Waals surface area contributed by atoms with E-state index in [9.17, 15) is 4.79 Å². The molecule has 30 heavy (non-hydrogen) atoms. The number of anilines is 1. The van der Waals surface area contributed by atoms with Crippen LogP contribution in [0.3, 0.4) is 0 Å². The molecule has 1 aliphatic heterocycles. The van der Waals surface area contributed by atoms with E-state index in [1.165, 1.54) is 11.1 Å². The molecular weight excluding hydrogens is 396 g/mol. The number of halogens is 1. The molecule has 1 aliphatic rings. The number of aromatic amines is 1. The van der Waals surface area contributed by atoms with Gasteiger partial charge in [0, 0.05) is 24.3 Å². The topological polar surface area (TPSA) is 61.9 Å². The smallest absolute Gasteiger partial charge is 0.262 e. The first-order valence-electron chi connectivity index (χ1n) is 9.82. The van der Waals surface area contributed by atoms with Crippen molar-refractivity contribution >= 4 is 40.7 Å². The Morgan fingerprint density at radius 2 is 1.80 bits per heavy atom. The van der Waals surface area contributed by atoms with E-state index in [1.807, 2.05) is 48.6 Å². The van der Waals surface area contributed by atoms with Crippen molar-refractivity contribution in [3.05, 3.63) is 98.4 Å². The van der Waals surface area contributed by atoms with Gasteiger partial charge in [0.05, 0.1) is 5.39 Å². The fraction of sp³-hybridized carbons (Fsp3) is 0.125. The van der Waals surface area contributed by atoms with Gasteiger partial charge in [-0.3, -0.25) is 9.78 Å². The Labute approximate surface area is 178 Å². The standard InChI is InChI=1S/C24H19ClN4O/c25-20-9-6-16(7-10-20)5-8-18-11-13-26-22-21(18)23(30)28-24(27-22)29-14-12-17-3-1-2-4-19(17)15-29/h1-11,13H,12,14-15H2,(H,26,27,28,30)/b8-5+. The van der Waals surface area contributed by atoms with Gasteiger partial charge < -0.3 is 4.90 Å². The Morgan fingerprint density at radius 1 is 1.00 bits per heavy atom. The normalized spacial score (nSPS) is 13.7. The summed E-state index contributed by atoms with van der Waals surface area (Å²) >= 11 is 5.94. The summed E-state index contributed by atoms with van der Waals surface area (Å²) in [6.45, 7) is 1.53. The lowest BCUT2D eigenvalue weighted by Gasteiger charge is -2.29. The van der Waals surface area contributed by atoms with Crippen molar-refractivity contribution in [2.45, 2.75) is 13.0 Å². The summed E-state index contributed by atoms with van der Waals surface area (Å²) in [5, 5.41) is 1.18. The Hall–Kier alpha value is -3.44. The largest absolute Gasteiger partial charge is 0.338 e. The van der Waals surface area contributed by atoms with Crippen LogP contribution in [0.4, 0.5) is 5.95 Å². The van der Waals surface area contributed by atoms with Gasteiger partial charge in [0.1, 0.15) is 0 Å². The van der Waals surface area contributed by atoms with Crippen molar-refractivity contribution in [2.75, 3.05) is 11.4 Å². The van der Waals surface area contributed by atoms with Gasteiger partial charge in [-0.1, -0.05) is 60.2 Å². The average molecular weight is 415 g/mol. The Kier molecular flexibility index (Phi) is 4.81. The van der Waals surface area contributed by atoms with Gasteiger partial charge in [0.25, 0.3) is 5.56 Å². The molecule has 0 spiro atoms. The van der Waals surface area contributed by atoms with Crippen molar-refractivity contribution in [2.24, 2.45) is 0 Å². The number of pyridine rings is 1. The van der Waals surface area contributed by atoms with Crippen molar-refractivity contribution < 1.29 is 0 Å². The summed E-state index contributed by atoms with van der Waals surface area (Å²) in [4.78, 5) is 27.0.